The number of aromatic amines is 2. The summed E-state index contributed by atoms with van der Waals surface area (Å²) in [5.41, 5.74) is 7.12. The van der Waals surface area contributed by atoms with E-state index in [4.69, 9.17) is 5.73 Å². The second kappa shape index (κ2) is 10.5. The van der Waals surface area contributed by atoms with Crippen LogP contribution in [0.25, 0.3) is 0 Å². The highest BCUT2D eigenvalue weighted by molar-refractivity contribution is 5.93. The minimum atomic E-state index is -1.08. The molecule has 1 fully saturated rings. The van der Waals surface area contributed by atoms with Crippen molar-refractivity contribution >= 4 is 23.7 Å². The number of nitrogens with one attached hydrogen (secondary N) is 4. The average molecular weight is 446 g/mol. The van der Waals surface area contributed by atoms with Gasteiger partial charge >= 0.3 is 5.97 Å². The summed E-state index contributed by atoms with van der Waals surface area (Å²) in [7, 11) is 0. The summed E-state index contributed by atoms with van der Waals surface area (Å²) in [6.45, 7) is -0.0883. The molecule has 3 atom stereocenters. The molecule has 7 N–H and O–H groups in total. The summed E-state index contributed by atoms with van der Waals surface area (Å²) in [6.07, 6.45) is 7.22. The van der Waals surface area contributed by atoms with Crippen molar-refractivity contribution in [2.75, 3.05) is 13.1 Å². The van der Waals surface area contributed by atoms with E-state index in [1.807, 2.05) is 0 Å². The van der Waals surface area contributed by atoms with Gasteiger partial charge in [0.2, 0.25) is 17.7 Å². The first-order valence-electron chi connectivity index (χ1n) is 10.2. The first-order valence-corrected chi connectivity index (χ1v) is 10.2. The third kappa shape index (κ3) is 5.91. The molecule has 0 aromatic carbocycles. The van der Waals surface area contributed by atoms with E-state index < -0.39 is 41.8 Å². The minimum Gasteiger partial charge on any atom is -0.480 e. The Labute approximate surface area is 183 Å². The molecule has 0 radical (unpaired) electrons. The van der Waals surface area contributed by atoms with Gasteiger partial charge in [0, 0.05) is 43.2 Å². The Balaban J connectivity index is 1.58. The van der Waals surface area contributed by atoms with E-state index in [9.17, 15) is 24.3 Å². The number of carboxylic acids is 1. The number of rotatable bonds is 10. The molecule has 32 heavy (non-hydrogen) atoms. The molecule has 1 saturated heterocycles. The lowest BCUT2D eigenvalue weighted by atomic mass is 10.1. The molecule has 3 unspecified atom stereocenters. The van der Waals surface area contributed by atoms with E-state index >= 15 is 0 Å². The van der Waals surface area contributed by atoms with E-state index in [1.165, 1.54) is 23.8 Å². The fourth-order valence-corrected chi connectivity index (χ4v) is 3.57. The average Bonchev–Trinajstić information content (AvgIpc) is 3.53. The van der Waals surface area contributed by atoms with E-state index in [2.05, 4.69) is 30.6 Å². The van der Waals surface area contributed by atoms with Gasteiger partial charge in [0.1, 0.15) is 12.1 Å². The zero-order chi connectivity index (χ0) is 23.1. The van der Waals surface area contributed by atoms with E-state index in [-0.39, 0.29) is 19.4 Å². The number of hydrogen-bond donors (Lipinski definition) is 6. The van der Waals surface area contributed by atoms with Crippen molar-refractivity contribution < 1.29 is 24.3 Å². The Morgan fingerprint density at radius 2 is 1.81 bits per heavy atom. The van der Waals surface area contributed by atoms with Gasteiger partial charge in [-0.1, -0.05) is 0 Å². The first-order chi connectivity index (χ1) is 15.3. The third-order valence-corrected chi connectivity index (χ3v) is 5.19. The van der Waals surface area contributed by atoms with Gasteiger partial charge in [0.15, 0.2) is 0 Å². The van der Waals surface area contributed by atoms with E-state index in [0.717, 1.165) is 0 Å². The smallest absolute Gasteiger partial charge is 0.326 e. The highest BCUT2D eigenvalue weighted by atomic mass is 16.4. The maximum atomic E-state index is 13.0. The molecule has 172 valence electrons. The van der Waals surface area contributed by atoms with Crippen LogP contribution in [-0.2, 0) is 32.0 Å². The van der Waals surface area contributed by atoms with Crippen molar-refractivity contribution in [3.05, 3.63) is 36.4 Å². The predicted octanol–water partition coefficient (Wildman–Crippen LogP) is -2.08. The molecule has 1 aliphatic heterocycles. The number of carbonyl (C=O) groups is 4. The zero-order valence-corrected chi connectivity index (χ0v) is 17.3. The van der Waals surface area contributed by atoms with Crippen molar-refractivity contribution in [3.8, 4) is 0 Å². The molecule has 2 aromatic rings. The number of carbonyl (C=O) groups excluding carboxylic acids is 3. The summed E-state index contributed by atoms with van der Waals surface area (Å²) in [5, 5.41) is 14.4. The molecule has 3 heterocycles. The van der Waals surface area contributed by atoms with Crippen LogP contribution in [0.4, 0.5) is 0 Å². The van der Waals surface area contributed by atoms with Gasteiger partial charge in [-0.15, -0.1) is 0 Å². The zero-order valence-electron chi connectivity index (χ0n) is 17.3. The highest BCUT2D eigenvalue weighted by Gasteiger charge is 2.37. The van der Waals surface area contributed by atoms with Crippen molar-refractivity contribution in [2.24, 2.45) is 5.73 Å². The Morgan fingerprint density at radius 1 is 1.16 bits per heavy atom. The third-order valence-electron chi connectivity index (χ3n) is 5.19. The molecule has 13 heteroatoms. The van der Waals surface area contributed by atoms with Crippen LogP contribution >= 0.6 is 0 Å². The molecule has 0 spiro atoms. The van der Waals surface area contributed by atoms with Crippen molar-refractivity contribution in [3.63, 3.8) is 0 Å². The predicted molar refractivity (Wildman–Crippen MR) is 110 cm³/mol. The van der Waals surface area contributed by atoms with Gasteiger partial charge in [0.25, 0.3) is 0 Å². The molecule has 1 aliphatic rings. The molecule has 0 saturated carbocycles. The largest absolute Gasteiger partial charge is 0.480 e. The van der Waals surface area contributed by atoms with E-state index in [0.29, 0.717) is 30.8 Å². The lowest BCUT2D eigenvalue weighted by molar-refractivity contribution is -0.149. The SMILES string of the molecule is NC(Cc1cnc[nH]1)C(=O)NCC(=O)NC(Cc1cnc[nH]1)C(=O)N1CCCC1C(=O)O. The fraction of sp³-hybridized carbons (Fsp3) is 0.474. The summed E-state index contributed by atoms with van der Waals surface area (Å²) in [4.78, 5) is 63.9. The number of nitrogens with two attached hydrogens (primary N) is 1. The van der Waals surface area contributed by atoms with Crippen molar-refractivity contribution in [1.29, 1.82) is 0 Å². The van der Waals surface area contributed by atoms with Crippen molar-refractivity contribution in [1.82, 2.24) is 35.5 Å². The Morgan fingerprint density at radius 3 is 2.41 bits per heavy atom. The van der Waals surface area contributed by atoms with Crippen LogP contribution in [0, 0.1) is 0 Å². The fourth-order valence-electron chi connectivity index (χ4n) is 3.57. The molecular weight excluding hydrogens is 420 g/mol. The number of imidazole rings is 2. The summed E-state index contributed by atoms with van der Waals surface area (Å²) in [6, 6.07) is -2.83. The van der Waals surface area contributed by atoms with Crippen LogP contribution < -0.4 is 16.4 Å². The van der Waals surface area contributed by atoms with Crippen LogP contribution in [0.2, 0.25) is 0 Å². The van der Waals surface area contributed by atoms with Gasteiger partial charge in [-0.3, -0.25) is 14.4 Å². The molecular formula is C19H26N8O5. The highest BCUT2D eigenvalue weighted by Crippen LogP contribution is 2.19. The number of hydrogen-bond acceptors (Lipinski definition) is 7. The monoisotopic (exact) mass is 446 g/mol. The molecule has 0 bridgehead atoms. The molecule has 2 aromatic heterocycles. The number of likely N-dealkylation sites (tertiary alicyclic amines) is 1. The maximum absolute atomic E-state index is 13.0. The Bertz CT molecular complexity index is 930. The van der Waals surface area contributed by atoms with Gasteiger partial charge in [0.05, 0.1) is 25.2 Å². The van der Waals surface area contributed by atoms with Gasteiger partial charge in [-0.25, -0.2) is 14.8 Å². The maximum Gasteiger partial charge on any atom is 0.326 e. The Kier molecular flexibility index (Phi) is 7.54. The van der Waals surface area contributed by atoms with Crippen LogP contribution in [0.1, 0.15) is 24.2 Å². The van der Waals surface area contributed by atoms with Crippen LogP contribution in [0.5, 0.6) is 0 Å². The first kappa shape index (κ1) is 22.9. The molecule has 3 rings (SSSR count). The lowest BCUT2D eigenvalue weighted by Crippen LogP contribution is -2.54. The number of amides is 3. The molecule has 0 aliphatic carbocycles. The van der Waals surface area contributed by atoms with Crippen molar-refractivity contribution in [2.45, 2.75) is 43.8 Å². The second-order valence-corrected chi connectivity index (χ2v) is 7.53. The van der Waals surface area contributed by atoms with Gasteiger partial charge in [-0.05, 0) is 12.8 Å². The van der Waals surface area contributed by atoms with E-state index in [1.54, 1.807) is 6.20 Å². The standard InChI is InChI=1S/C19H26N8O5/c20-13(4-11-6-21-9-24-11)17(29)23-8-16(28)26-14(5-12-7-22-10-25-12)18(30)27-3-1-2-15(27)19(31)32/h6-7,9-10,13-15H,1-5,8,20H2,(H,21,24)(H,22,25)(H,23,29)(H,26,28)(H,31,32). The molecule has 13 nitrogen and oxygen atoms in total. The number of aromatic nitrogens is 4. The normalized spacial score (nSPS) is 17.5. The topological polar surface area (TPSA) is 199 Å². The van der Waals surface area contributed by atoms with Crippen LogP contribution in [0.15, 0.2) is 25.0 Å². The quantitative estimate of drug-likeness (QED) is 0.239. The lowest BCUT2D eigenvalue weighted by Gasteiger charge is -2.27. The van der Waals surface area contributed by atoms with Crippen LogP contribution in [-0.4, -0.2) is 84.8 Å². The number of carboxylic acid groups (broad SMARTS) is 1. The summed E-state index contributed by atoms with van der Waals surface area (Å²) < 4.78 is 0. The molecule has 3 amide bonds. The van der Waals surface area contributed by atoms with Crippen LogP contribution in [0.3, 0.4) is 0 Å². The number of nitrogens with zero attached hydrogens (tertiary/aromatic N) is 3. The Hall–Kier alpha value is -3.74. The summed E-state index contributed by atoms with van der Waals surface area (Å²) in [5.74, 6) is -2.71. The minimum absolute atomic E-state index is 0.0979. The van der Waals surface area contributed by atoms with Gasteiger partial charge in [-0.2, -0.15) is 0 Å². The number of aliphatic carboxylic acids is 1. The second-order valence-electron chi connectivity index (χ2n) is 7.53. The number of H-pyrrole nitrogens is 2. The summed E-state index contributed by atoms with van der Waals surface area (Å²) >= 11 is 0. The van der Waals surface area contributed by atoms with Gasteiger partial charge < -0.3 is 36.3 Å².